The fourth-order valence-corrected chi connectivity index (χ4v) is 2.57. The zero-order valence-corrected chi connectivity index (χ0v) is 15.2. The molecule has 144 valence electrons. The summed E-state index contributed by atoms with van der Waals surface area (Å²) in [7, 11) is 0. The summed E-state index contributed by atoms with van der Waals surface area (Å²) in [6.07, 6.45) is -0.244. The zero-order chi connectivity index (χ0) is 19.4. The Hall–Kier alpha value is -2.16. The van der Waals surface area contributed by atoms with Crippen molar-refractivity contribution in [2.45, 2.75) is 57.8 Å². The normalized spacial score (nSPS) is 15.6. The van der Waals surface area contributed by atoms with E-state index in [1.807, 2.05) is 13.8 Å². The van der Waals surface area contributed by atoms with Gasteiger partial charge in [0.2, 0.25) is 5.95 Å². The minimum absolute atomic E-state index is 0.113. The van der Waals surface area contributed by atoms with Gasteiger partial charge in [-0.2, -0.15) is 18.2 Å². The molecule has 0 bridgehead atoms. The summed E-state index contributed by atoms with van der Waals surface area (Å²) in [5.41, 5.74) is 6.36. The molecule has 2 heterocycles. The Morgan fingerprint density at radius 1 is 1.27 bits per heavy atom. The predicted octanol–water partition coefficient (Wildman–Crippen LogP) is 3.51. The van der Waals surface area contributed by atoms with Crippen molar-refractivity contribution in [2.24, 2.45) is 0 Å². The molecule has 0 aromatic carbocycles. The Kier molecular flexibility index (Phi) is 6.22. The Labute approximate surface area is 150 Å². The molecule has 2 atom stereocenters. The summed E-state index contributed by atoms with van der Waals surface area (Å²) in [6, 6.07) is 1.90. The number of rotatable bonds is 8. The van der Waals surface area contributed by atoms with Gasteiger partial charge in [-0.3, -0.25) is 4.98 Å². The van der Waals surface area contributed by atoms with Gasteiger partial charge in [0.1, 0.15) is 11.6 Å². The fourth-order valence-electron chi connectivity index (χ4n) is 2.57. The molecular formula is C17H25F3N6. The summed E-state index contributed by atoms with van der Waals surface area (Å²) in [6.45, 7) is 5.10. The molecule has 0 aliphatic heterocycles. The van der Waals surface area contributed by atoms with Gasteiger partial charge in [-0.05, 0) is 32.4 Å². The van der Waals surface area contributed by atoms with Crippen LogP contribution in [-0.2, 0) is 0 Å². The number of aromatic nitrogens is 3. The van der Waals surface area contributed by atoms with E-state index in [1.165, 1.54) is 0 Å². The number of nitrogens with two attached hydrogens (primary N) is 1. The molecule has 0 saturated carbocycles. The van der Waals surface area contributed by atoms with Crippen LogP contribution in [0, 0.1) is 0 Å². The van der Waals surface area contributed by atoms with Gasteiger partial charge >= 0.3 is 6.18 Å². The molecule has 0 radical (unpaired) electrons. The molecule has 2 unspecified atom stereocenters. The Balaban J connectivity index is 2.21. The van der Waals surface area contributed by atoms with Gasteiger partial charge in [0.25, 0.3) is 0 Å². The minimum atomic E-state index is -4.29. The Bertz CT molecular complexity index is 736. The Morgan fingerprint density at radius 3 is 2.65 bits per heavy atom. The van der Waals surface area contributed by atoms with Crippen LogP contribution in [0.15, 0.2) is 18.3 Å². The lowest BCUT2D eigenvalue weighted by Crippen LogP contribution is -2.51. The molecule has 0 saturated heterocycles. The van der Waals surface area contributed by atoms with Crippen LogP contribution in [0.2, 0.25) is 0 Å². The number of nitrogen functional groups attached to an aromatic ring is 1. The van der Waals surface area contributed by atoms with Crippen LogP contribution in [0.25, 0.3) is 11.0 Å². The highest BCUT2D eigenvalue weighted by Gasteiger charge is 2.37. The van der Waals surface area contributed by atoms with E-state index in [2.05, 4.69) is 25.6 Å². The molecule has 26 heavy (non-hydrogen) atoms. The largest absolute Gasteiger partial charge is 0.403 e. The molecule has 2 aromatic rings. The summed E-state index contributed by atoms with van der Waals surface area (Å²) < 4.78 is 38.4. The first-order chi connectivity index (χ1) is 12.1. The van der Waals surface area contributed by atoms with Crippen LogP contribution in [0.1, 0.15) is 40.0 Å². The summed E-state index contributed by atoms with van der Waals surface area (Å²) in [5.74, 6) is 0.510. The van der Waals surface area contributed by atoms with E-state index in [0.29, 0.717) is 17.5 Å². The second-order valence-corrected chi connectivity index (χ2v) is 6.74. The van der Waals surface area contributed by atoms with Crippen LogP contribution >= 0.6 is 0 Å². The van der Waals surface area contributed by atoms with Crippen LogP contribution in [-0.4, -0.2) is 39.3 Å². The number of halogens is 3. The average Bonchev–Trinajstić information content (AvgIpc) is 2.57. The van der Waals surface area contributed by atoms with Crippen molar-refractivity contribution in [3.63, 3.8) is 0 Å². The number of unbranched alkanes of at least 4 members (excludes halogenated alkanes) is 1. The number of hydrogen-bond acceptors (Lipinski definition) is 6. The number of hydrogen-bond donors (Lipinski definition) is 3. The number of fused-ring (bicyclic) bond motifs is 1. The van der Waals surface area contributed by atoms with Gasteiger partial charge in [-0.1, -0.05) is 19.8 Å². The maximum atomic E-state index is 12.8. The lowest BCUT2D eigenvalue weighted by atomic mass is 9.94. The van der Waals surface area contributed by atoms with Gasteiger partial charge in [-0.15, -0.1) is 0 Å². The Morgan fingerprint density at radius 2 is 2.00 bits per heavy atom. The van der Waals surface area contributed by atoms with Crippen LogP contribution < -0.4 is 16.4 Å². The van der Waals surface area contributed by atoms with E-state index in [9.17, 15) is 13.2 Å². The maximum absolute atomic E-state index is 12.8. The zero-order valence-electron chi connectivity index (χ0n) is 15.2. The number of nitrogens with one attached hydrogen (secondary N) is 2. The molecule has 0 fully saturated rings. The predicted molar refractivity (Wildman–Crippen MR) is 96.8 cm³/mol. The maximum Gasteiger partial charge on any atom is 0.403 e. The monoisotopic (exact) mass is 370 g/mol. The topological polar surface area (TPSA) is 88.8 Å². The standard InChI is InChI=1S/C17H25F3N6/c1-4-5-8-16(3,10-23-11(2)17(18,19)20)26-15-24-12-7-6-9-22-13(12)14(21)25-15/h6-7,9,11,23H,4-5,8,10H2,1-3H3,(H3,21,24,25,26). The van der Waals surface area contributed by atoms with Crippen molar-refractivity contribution in [1.82, 2.24) is 20.3 Å². The van der Waals surface area contributed by atoms with Crippen molar-refractivity contribution in [1.29, 1.82) is 0 Å². The van der Waals surface area contributed by atoms with E-state index in [1.54, 1.807) is 18.3 Å². The van der Waals surface area contributed by atoms with Crippen molar-refractivity contribution in [3.05, 3.63) is 18.3 Å². The quantitative estimate of drug-likeness (QED) is 0.659. The molecule has 4 N–H and O–H groups in total. The van der Waals surface area contributed by atoms with Gasteiger partial charge in [0.05, 0.1) is 5.52 Å². The van der Waals surface area contributed by atoms with Gasteiger partial charge in [0, 0.05) is 18.3 Å². The molecule has 0 aliphatic carbocycles. The molecule has 9 heteroatoms. The SMILES string of the molecule is CCCCC(C)(CNC(C)C(F)(F)F)Nc1nc(N)c2ncccc2n1. The van der Waals surface area contributed by atoms with Crippen LogP contribution in [0.4, 0.5) is 24.9 Å². The molecule has 2 rings (SSSR count). The lowest BCUT2D eigenvalue weighted by Gasteiger charge is -2.33. The fraction of sp³-hybridized carbons (Fsp3) is 0.588. The highest BCUT2D eigenvalue weighted by Crippen LogP contribution is 2.24. The third kappa shape index (κ3) is 5.17. The molecule has 0 aliphatic rings. The lowest BCUT2D eigenvalue weighted by molar-refractivity contribution is -0.151. The highest BCUT2D eigenvalue weighted by molar-refractivity contribution is 5.84. The van der Waals surface area contributed by atoms with Gasteiger partial charge in [0.15, 0.2) is 5.82 Å². The van der Waals surface area contributed by atoms with Crippen molar-refractivity contribution < 1.29 is 13.2 Å². The van der Waals surface area contributed by atoms with Gasteiger partial charge < -0.3 is 16.4 Å². The molecule has 0 spiro atoms. The van der Waals surface area contributed by atoms with Gasteiger partial charge in [-0.25, -0.2) is 4.98 Å². The van der Waals surface area contributed by atoms with Crippen molar-refractivity contribution in [2.75, 3.05) is 17.6 Å². The number of nitrogens with zero attached hydrogens (tertiary/aromatic N) is 3. The summed E-state index contributed by atoms with van der Waals surface area (Å²) in [5, 5.41) is 5.73. The van der Waals surface area contributed by atoms with Crippen LogP contribution in [0.5, 0.6) is 0 Å². The summed E-state index contributed by atoms with van der Waals surface area (Å²) >= 11 is 0. The molecule has 2 aromatic heterocycles. The second-order valence-electron chi connectivity index (χ2n) is 6.74. The third-order valence-corrected chi connectivity index (χ3v) is 4.27. The average molecular weight is 370 g/mol. The number of anilines is 2. The van der Waals surface area contributed by atoms with Crippen molar-refractivity contribution in [3.8, 4) is 0 Å². The van der Waals surface area contributed by atoms with E-state index in [0.717, 1.165) is 19.8 Å². The van der Waals surface area contributed by atoms with E-state index >= 15 is 0 Å². The van der Waals surface area contributed by atoms with Crippen LogP contribution in [0.3, 0.4) is 0 Å². The molecular weight excluding hydrogens is 345 g/mol. The second kappa shape index (κ2) is 8.03. The van der Waals surface area contributed by atoms with E-state index in [4.69, 9.17) is 5.73 Å². The first-order valence-electron chi connectivity index (χ1n) is 8.61. The molecule has 6 nitrogen and oxygen atoms in total. The number of alkyl halides is 3. The first-order valence-corrected chi connectivity index (χ1v) is 8.61. The van der Waals surface area contributed by atoms with Crippen molar-refractivity contribution >= 4 is 22.8 Å². The number of pyridine rings is 1. The van der Waals surface area contributed by atoms with E-state index in [-0.39, 0.29) is 18.3 Å². The molecule has 0 amide bonds. The first kappa shape index (κ1) is 20.2. The highest BCUT2D eigenvalue weighted by atomic mass is 19.4. The third-order valence-electron chi connectivity index (χ3n) is 4.27. The smallest absolute Gasteiger partial charge is 0.382 e. The minimum Gasteiger partial charge on any atom is -0.382 e. The summed E-state index contributed by atoms with van der Waals surface area (Å²) in [4.78, 5) is 12.7. The van der Waals surface area contributed by atoms with E-state index < -0.39 is 17.8 Å².